The first kappa shape index (κ1) is 21.2. The van der Waals surface area contributed by atoms with Gasteiger partial charge in [-0.05, 0) is 56.3 Å². The number of ether oxygens (including phenoxy) is 1. The van der Waals surface area contributed by atoms with Crippen molar-refractivity contribution in [2.75, 3.05) is 4.90 Å². The zero-order valence-corrected chi connectivity index (χ0v) is 17.6. The monoisotopic (exact) mass is 433 g/mol. The van der Waals surface area contributed by atoms with Gasteiger partial charge in [0.1, 0.15) is 17.3 Å². The van der Waals surface area contributed by atoms with Crippen LogP contribution in [-0.2, 0) is 9.59 Å². The standard InChI is InChI=1S/C25H21FN2O4/c1-15(2)32-19-12-8-17(9-13-19)23(29)21-22(16-6-10-18(26)11-7-16)28(25(31)24(21)30)20-5-3-4-14-27-20/h3-15,22,29H,1-2H3/p+1. The predicted molar refractivity (Wildman–Crippen MR) is 116 cm³/mol. The van der Waals surface area contributed by atoms with Crippen LogP contribution in [0.25, 0.3) is 5.76 Å². The Balaban J connectivity index is 1.85. The Kier molecular flexibility index (Phi) is 5.73. The Morgan fingerprint density at radius 1 is 1.03 bits per heavy atom. The number of H-pyrrole nitrogens is 1. The molecular formula is C25H22FN2O4+. The lowest BCUT2D eigenvalue weighted by Crippen LogP contribution is -2.33. The SMILES string of the molecule is CC(C)Oc1ccc(C(O)=C2C(=O)C(=O)N(c3cccc[nH+]3)C2c2ccc(F)cc2)cc1. The molecule has 162 valence electrons. The number of carbonyl (C=O) groups is 2. The molecule has 1 unspecified atom stereocenters. The van der Waals surface area contributed by atoms with Crippen LogP contribution in [0.2, 0.25) is 0 Å². The molecule has 0 radical (unpaired) electrons. The van der Waals surface area contributed by atoms with Crippen LogP contribution >= 0.6 is 0 Å². The van der Waals surface area contributed by atoms with Crippen molar-refractivity contribution in [1.82, 2.24) is 0 Å². The number of aromatic amines is 1. The van der Waals surface area contributed by atoms with E-state index in [2.05, 4.69) is 4.98 Å². The van der Waals surface area contributed by atoms with Crippen molar-refractivity contribution in [3.63, 3.8) is 0 Å². The lowest BCUT2D eigenvalue weighted by atomic mass is 9.95. The Morgan fingerprint density at radius 3 is 2.31 bits per heavy atom. The third kappa shape index (κ3) is 3.97. The second-order valence-electron chi connectivity index (χ2n) is 7.66. The average molecular weight is 433 g/mol. The number of pyridine rings is 1. The molecule has 1 fully saturated rings. The van der Waals surface area contributed by atoms with E-state index in [1.165, 1.54) is 29.2 Å². The molecule has 1 atom stereocenters. The summed E-state index contributed by atoms with van der Waals surface area (Å²) in [7, 11) is 0. The summed E-state index contributed by atoms with van der Waals surface area (Å²) in [5.74, 6) is -1.38. The summed E-state index contributed by atoms with van der Waals surface area (Å²) in [5.41, 5.74) is 0.781. The maximum absolute atomic E-state index is 13.6. The number of hydrogen-bond donors (Lipinski definition) is 1. The molecule has 4 rings (SSSR count). The third-order valence-electron chi connectivity index (χ3n) is 5.08. The lowest BCUT2D eigenvalue weighted by Gasteiger charge is -2.18. The highest BCUT2D eigenvalue weighted by atomic mass is 19.1. The van der Waals surface area contributed by atoms with Crippen molar-refractivity contribution in [3.8, 4) is 5.75 Å². The molecule has 1 aliphatic rings. The summed E-state index contributed by atoms with van der Waals surface area (Å²) in [5, 5.41) is 11.1. The Bertz CT molecular complexity index is 1170. The van der Waals surface area contributed by atoms with E-state index in [-0.39, 0.29) is 17.4 Å². The van der Waals surface area contributed by atoms with Crippen LogP contribution in [-0.4, -0.2) is 22.9 Å². The molecular weight excluding hydrogens is 411 g/mol. The fourth-order valence-electron chi connectivity index (χ4n) is 3.69. The van der Waals surface area contributed by atoms with Crippen molar-refractivity contribution in [2.24, 2.45) is 0 Å². The van der Waals surface area contributed by atoms with Gasteiger partial charge >= 0.3 is 5.91 Å². The Morgan fingerprint density at radius 2 is 1.72 bits per heavy atom. The van der Waals surface area contributed by atoms with Crippen LogP contribution in [0.3, 0.4) is 0 Å². The van der Waals surface area contributed by atoms with Gasteiger partial charge in [0.2, 0.25) is 0 Å². The van der Waals surface area contributed by atoms with Crippen LogP contribution in [0.5, 0.6) is 5.75 Å². The molecule has 6 nitrogen and oxygen atoms in total. The van der Waals surface area contributed by atoms with Gasteiger partial charge in [0.25, 0.3) is 11.6 Å². The molecule has 2 heterocycles. The van der Waals surface area contributed by atoms with Gasteiger partial charge in [-0.2, -0.15) is 4.90 Å². The normalized spacial score (nSPS) is 17.8. The Labute approximate surface area is 184 Å². The number of Topliss-reactive ketones (excluding diaryl/α,β-unsaturated/α-hetero) is 1. The van der Waals surface area contributed by atoms with E-state index >= 15 is 0 Å². The van der Waals surface area contributed by atoms with E-state index in [4.69, 9.17) is 4.74 Å². The van der Waals surface area contributed by atoms with E-state index in [1.54, 1.807) is 48.7 Å². The number of halogens is 1. The number of benzene rings is 2. The molecule has 1 aromatic heterocycles. The summed E-state index contributed by atoms with van der Waals surface area (Å²) in [4.78, 5) is 30.3. The van der Waals surface area contributed by atoms with Crippen LogP contribution < -0.4 is 14.6 Å². The maximum atomic E-state index is 13.6. The topological polar surface area (TPSA) is 81.0 Å². The molecule has 0 spiro atoms. The summed E-state index contributed by atoms with van der Waals surface area (Å²) >= 11 is 0. The van der Waals surface area contributed by atoms with Crippen LogP contribution in [0.4, 0.5) is 10.2 Å². The number of ketones is 1. The van der Waals surface area contributed by atoms with E-state index in [0.29, 0.717) is 22.7 Å². The lowest BCUT2D eigenvalue weighted by molar-refractivity contribution is -0.363. The summed E-state index contributed by atoms with van der Waals surface area (Å²) in [6.07, 6.45) is 1.62. The van der Waals surface area contributed by atoms with Crippen molar-refractivity contribution in [1.29, 1.82) is 0 Å². The van der Waals surface area contributed by atoms with Crippen LogP contribution in [0.1, 0.15) is 31.0 Å². The fourth-order valence-corrected chi connectivity index (χ4v) is 3.69. The number of rotatable bonds is 5. The number of nitrogens with one attached hydrogen (secondary N) is 1. The molecule has 2 N–H and O–H groups in total. The minimum Gasteiger partial charge on any atom is -0.507 e. The number of aliphatic hydroxyl groups excluding tert-OH is 1. The molecule has 2 aromatic carbocycles. The molecule has 3 aromatic rings. The minimum atomic E-state index is -0.930. The first-order valence-corrected chi connectivity index (χ1v) is 10.2. The summed E-state index contributed by atoms with van der Waals surface area (Å²) < 4.78 is 19.2. The molecule has 1 amide bonds. The van der Waals surface area contributed by atoms with Gasteiger partial charge in [-0.25, -0.2) is 14.2 Å². The van der Waals surface area contributed by atoms with E-state index in [1.807, 2.05) is 13.8 Å². The maximum Gasteiger partial charge on any atom is 0.382 e. The van der Waals surface area contributed by atoms with Gasteiger partial charge in [0, 0.05) is 17.2 Å². The molecule has 1 aliphatic heterocycles. The molecule has 7 heteroatoms. The van der Waals surface area contributed by atoms with Crippen molar-refractivity contribution < 1.29 is 28.8 Å². The van der Waals surface area contributed by atoms with E-state index in [0.717, 1.165) is 0 Å². The number of amides is 1. The van der Waals surface area contributed by atoms with Gasteiger partial charge < -0.3 is 9.84 Å². The first-order chi connectivity index (χ1) is 15.4. The van der Waals surface area contributed by atoms with Gasteiger partial charge in [-0.3, -0.25) is 4.79 Å². The molecule has 0 bridgehead atoms. The highest BCUT2D eigenvalue weighted by molar-refractivity contribution is 6.51. The molecule has 0 saturated carbocycles. The van der Waals surface area contributed by atoms with Gasteiger partial charge in [-0.1, -0.05) is 18.2 Å². The summed E-state index contributed by atoms with van der Waals surface area (Å²) in [6, 6.07) is 16.3. The first-order valence-electron chi connectivity index (χ1n) is 10.2. The van der Waals surface area contributed by atoms with Crippen LogP contribution in [0, 0.1) is 5.82 Å². The average Bonchev–Trinajstić information content (AvgIpc) is 3.05. The number of nitrogens with zero attached hydrogens (tertiary/aromatic N) is 1. The zero-order chi connectivity index (χ0) is 22.8. The van der Waals surface area contributed by atoms with Gasteiger partial charge in [-0.15, -0.1) is 0 Å². The molecule has 32 heavy (non-hydrogen) atoms. The van der Waals surface area contributed by atoms with Crippen molar-refractivity contribution in [3.05, 3.63) is 95.4 Å². The molecule has 1 saturated heterocycles. The number of aromatic nitrogens is 1. The highest BCUT2D eigenvalue weighted by Crippen LogP contribution is 2.41. The number of aliphatic hydroxyl groups is 1. The number of carbonyl (C=O) groups excluding carboxylic acids is 2. The highest BCUT2D eigenvalue weighted by Gasteiger charge is 2.53. The summed E-state index contributed by atoms with van der Waals surface area (Å²) in [6.45, 7) is 3.80. The second kappa shape index (κ2) is 8.63. The van der Waals surface area contributed by atoms with E-state index in [9.17, 15) is 19.1 Å². The number of anilines is 1. The fraction of sp³-hybridized carbons (Fsp3) is 0.160. The van der Waals surface area contributed by atoms with Gasteiger partial charge in [0.05, 0.1) is 17.9 Å². The number of hydrogen-bond acceptors (Lipinski definition) is 4. The third-order valence-corrected chi connectivity index (χ3v) is 5.08. The smallest absolute Gasteiger partial charge is 0.382 e. The van der Waals surface area contributed by atoms with Crippen molar-refractivity contribution >= 4 is 23.3 Å². The van der Waals surface area contributed by atoms with Crippen molar-refractivity contribution in [2.45, 2.75) is 26.0 Å². The zero-order valence-electron chi connectivity index (χ0n) is 17.6. The quantitative estimate of drug-likeness (QED) is 0.374. The minimum absolute atomic E-state index is 0.0135. The molecule has 0 aliphatic carbocycles. The second-order valence-corrected chi connectivity index (χ2v) is 7.66. The van der Waals surface area contributed by atoms with Crippen LogP contribution in [0.15, 0.2) is 78.5 Å². The predicted octanol–water partition coefficient (Wildman–Crippen LogP) is 4.05. The Hall–Kier alpha value is -4.00. The largest absolute Gasteiger partial charge is 0.507 e. The van der Waals surface area contributed by atoms with E-state index < -0.39 is 23.5 Å². The van der Waals surface area contributed by atoms with Gasteiger partial charge in [0.15, 0.2) is 6.04 Å².